The predicted octanol–water partition coefficient (Wildman–Crippen LogP) is 4.79. The molecule has 1 atom stereocenters. The van der Waals surface area contributed by atoms with Crippen LogP contribution in [-0.2, 0) is 16.1 Å². The lowest BCUT2D eigenvalue weighted by Crippen LogP contribution is -2.29. The van der Waals surface area contributed by atoms with Gasteiger partial charge in [-0.15, -0.1) is 0 Å². The highest BCUT2D eigenvalue weighted by atomic mass is 79.9. The van der Waals surface area contributed by atoms with Gasteiger partial charge in [-0.1, -0.05) is 29.8 Å². The minimum atomic E-state index is -0.542. The molecule has 0 radical (unpaired) electrons. The second-order valence-corrected chi connectivity index (χ2v) is 8.48. The van der Waals surface area contributed by atoms with Gasteiger partial charge in [-0.05, 0) is 60.0 Å². The van der Waals surface area contributed by atoms with E-state index >= 15 is 0 Å². The van der Waals surface area contributed by atoms with E-state index in [1.807, 2.05) is 50.2 Å². The molecule has 1 unspecified atom stereocenters. The molecule has 1 N–H and O–H groups in total. The van der Waals surface area contributed by atoms with E-state index in [0.29, 0.717) is 39.8 Å². The molecular formula is C24H25BrN4O4. The minimum Gasteiger partial charge on any atom is -0.493 e. The number of carbonyl (C=O) groups is 1. The smallest absolute Gasteiger partial charge is 0.338 e. The first-order valence-corrected chi connectivity index (χ1v) is 11.3. The largest absolute Gasteiger partial charge is 0.493 e. The molecule has 3 aromatic rings. The number of aryl methyl sites for hydroxylation is 1. The summed E-state index contributed by atoms with van der Waals surface area (Å²) in [5.41, 5.74) is 4.13. The van der Waals surface area contributed by atoms with Crippen LogP contribution >= 0.6 is 15.9 Å². The number of nitrogens with zero attached hydrogens (tertiary/aromatic N) is 3. The maximum absolute atomic E-state index is 12.9. The average molecular weight is 513 g/mol. The number of ether oxygens (including phenoxy) is 3. The lowest BCUT2D eigenvalue weighted by molar-refractivity contribution is -0.139. The molecule has 2 heterocycles. The number of hydrogen-bond donors (Lipinski definition) is 1. The van der Waals surface area contributed by atoms with Gasteiger partial charge < -0.3 is 19.5 Å². The Morgan fingerprint density at radius 2 is 1.97 bits per heavy atom. The molecule has 33 heavy (non-hydrogen) atoms. The van der Waals surface area contributed by atoms with Crippen LogP contribution in [0.2, 0.25) is 0 Å². The molecule has 0 bridgehead atoms. The van der Waals surface area contributed by atoms with Crippen LogP contribution in [0.15, 0.2) is 58.5 Å². The first-order chi connectivity index (χ1) is 15.9. The second kappa shape index (κ2) is 9.66. The van der Waals surface area contributed by atoms with Gasteiger partial charge in [-0.2, -0.15) is 10.1 Å². The molecule has 9 heteroatoms. The maximum Gasteiger partial charge on any atom is 0.338 e. The molecule has 2 aromatic carbocycles. The van der Waals surface area contributed by atoms with Crippen molar-refractivity contribution in [2.24, 2.45) is 0 Å². The zero-order chi connectivity index (χ0) is 23.5. The zero-order valence-corrected chi connectivity index (χ0v) is 20.5. The van der Waals surface area contributed by atoms with Crippen molar-refractivity contribution in [1.29, 1.82) is 0 Å². The first kappa shape index (κ1) is 22.8. The van der Waals surface area contributed by atoms with Crippen molar-refractivity contribution in [2.45, 2.75) is 33.4 Å². The fourth-order valence-electron chi connectivity index (χ4n) is 3.75. The van der Waals surface area contributed by atoms with Crippen LogP contribution in [0, 0.1) is 6.92 Å². The van der Waals surface area contributed by atoms with Gasteiger partial charge in [0.2, 0.25) is 5.95 Å². The van der Waals surface area contributed by atoms with E-state index in [-0.39, 0.29) is 6.61 Å². The fraction of sp³-hybridized carbons (Fsp3) is 0.292. The molecule has 0 amide bonds. The van der Waals surface area contributed by atoms with Crippen LogP contribution in [0.3, 0.4) is 0 Å². The molecule has 0 saturated heterocycles. The predicted molar refractivity (Wildman–Crippen MR) is 127 cm³/mol. The normalized spacial score (nSPS) is 15.0. The van der Waals surface area contributed by atoms with Crippen LogP contribution < -0.4 is 14.8 Å². The summed E-state index contributed by atoms with van der Waals surface area (Å²) in [7, 11) is 1.58. The van der Waals surface area contributed by atoms with Gasteiger partial charge in [0.25, 0.3) is 0 Å². The van der Waals surface area contributed by atoms with E-state index in [0.717, 1.165) is 11.1 Å². The lowest BCUT2D eigenvalue weighted by atomic mass is 9.95. The number of halogens is 1. The van der Waals surface area contributed by atoms with Gasteiger partial charge in [0.1, 0.15) is 19.0 Å². The molecule has 0 aliphatic carbocycles. The van der Waals surface area contributed by atoms with Crippen LogP contribution in [0.5, 0.6) is 11.5 Å². The summed E-state index contributed by atoms with van der Waals surface area (Å²) in [6, 6.07) is 11.4. The van der Waals surface area contributed by atoms with Crippen molar-refractivity contribution >= 4 is 27.8 Å². The molecule has 172 valence electrons. The lowest BCUT2D eigenvalue weighted by Gasteiger charge is -2.28. The van der Waals surface area contributed by atoms with E-state index in [2.05, 4.69) is 31.3 Å². The number of nitrogens with one attached hydrogen (secondary N) is 1. The summed E-state index contributed by atoms with van der Waals surface area (Å²) in [6.45, 7) is 6.31. The summed E-state index contributed by atoms with van der Waals surface area (Å²) >= 11 is 3.63. The number of rotatable bonds is 7. The van der Waals surface area contributed by atoms with Crippen molar-refractivity contribution < 1.29 is 19.0 Å². The Balaban J connectivity index is 1.72. The molecule has 0 fully saturated rings. The molecule has 4 rings (SSSR count). The summed E-state index contributed by atoms with van der Waals surface area (Å²) < 4.78 is 19.4. The van der Waals surface area contributed by atoms with Crippen LogP contribution in [0.1, 0.15) is 36.6 Å². The minimum absolute atomic E-state index is 0.269. The zero-order valence-electron chi connectivity index (χ0n) is 18.9. The van der Waals surface area contributed by atoms with Crippen LogP contribution in [0.25, 0.3) is 0 Å². The Hall–Kier alpha value is -3.33. The quantitative estimate of drug-likeness (QED) is 0.455. The average Bonchev–Trinajstić information content (AvgIpc) is 3.26. The molecule has 0 saturated carbocycles. The van der Waals surface area contributed by atoms with Crippen molar-refractivity contribution in [1.82, 2.24) is 14.8 Å². The number of methoxy groups -OCH3 is 1. The highest BCUT2D eigenvalue weighted by Crippen LogP contribution is 2.43. The Kier molecular flexibility index (Phi) is 6.69. The van der Waals surface area contributed by atoms with Crippen molar-refractivity contribution in [3.8, 4) is 11.5 Å². The Bertz CT molecular complexity index is 1200. The summed E-state index contributed by atoms with van der Waals surface area (Å²) in [5, 5.41) is 7.47. The number of benzene rings is 2. The van der Waals surface area contributed by atoms with Crippen molar-refractivity contribution in [3.05, 3.63) is 75.2 Å². The van der Waals surface area contributed by atoms with E-state index in [4.69, 9.17) is 14.2 Å². The van der Waals surface area contributed by atoms with Gasteiger partial charge in [0.05, 0.1) is 23.8 Å². The molecular weight excluding hydrogens is 488 g/mol. The first-order valence-electron chi connectivity index (χ1n) is 10.5. The Morgan fingerprint density at radius 3 is 2.67 bits per heavy atom. The van der Waals surface area contributed by atoms with Crippen molar-refractivity contribution in [3.63, 3.8) is 0 Å². The molecule has 1 aromatic heterocycles. The van der Waals surface area contributed by atoms with E-state index in [1.165, 1.54) is 11.9 Å². The molecule has 1 aliphatic rings. The van der Waals surface area contributed by atoms with Crippen LogP contribution in [-0.4, -0.2) is 34.5 Å². The number of allylic oxidation sites excluding steroid dienone is 1. The summed E-state index contributed by atoms with van der Waals surface area (Å²) in [5.74, 6) is 1.24. The Morgan fingerprint density at radius 1 is 1.21 bits per heavy atom. The highest BCUT2D eigenvalue weighted by Gasteiger charge is 2.35. The molecule has 8 nitrogen and oxygen atoms in total. The van der Waals surface area contributed by atoms with Crippen molar-refractivity contribution in [2.75, 3.05) is 19.0 Å². The number of hydrogen-bond acceptors (Lipinski definition) is 7. The third kappa shape index (κ3) is 4.59. The van der Waals surface area contributed by atoms with Crippen LogP contribution in [0.4, 0.5) is 5.95 Å². The number of anilines is 1. The topological polar surface area (TPSA) is 87.5 Å². The van der Waals surface area contributed by atoms with Gasteiger partial charge in [0, 0.05) is 5.70 Å². The monoisotopic (exact) mass is 512 g/mol. The third-order valence-electron chi connectivity index (χ3n) is 5.36. The second-order valence-electron chi connectivity index (χ2n) is 7.62. The number of fused-ring (bicyclic) bond motifs is 1. The van der Waals surface area contributed by atoms with Gasteiger partial charge in [-0.25, -0.2) is 9.48 Å². The van der Waals surface area contributed by atoms with Gasteiger partial charge in [0.15, 0.2) is 11.5 Å². The summed E-state index contributed by atoms with van der Waals surface area (Å²) in [6.07, 6.45) is 1.45. The maximum atomic E-state index is 12.9. The van der Waals surface area contributed by atoms with Gasteiger partial charge in [-0.3, -0.25) is 0 Å². The number of aromatic nitrogens is 3. The number of carbonyl (C=O) groups excluding carboxylic acids is 1. The van der Waals surface area contributed by atoms with Gasteiger partial charge >= 0.3 is 5.97 Å². The molecule has 1 aliphatic heterocycles. The summed E-state index contributed by atoms with van der Waals surface area (Å²) in [4.78, 5) is 17.1. The molecule has 0 spiro atoms. The standard InChI is InChI=1S/C24H25BrN4O4/c1-5-32-23(30)20-15(3)28-24-26-13-27-29(24)21(20)17-10-18(25)22(19(11-17)31-4)33-12-16-8-6-14(2)7-9-16/h6-11,13,21H,5,12H2,1-4H3,(H,26,27,28). The SMILES string of the molecule is CCOC(=O)C1=C(C)Nc2ncnn2C1c1cc(Br)c(OCc2ccc(C)cc2)c(OC)c1. The highest BCUT2D eigenvalue weighted by molar-refractivity contribution is 9.10. The van der Waals surface area contributed by atoms with E-state index in [1.54, 1.807) is 18.7 Å². The van der Waals surface area contributed by atoms with E-state index < -0.39 is 12.0 Å². The number of esters is 1. The van der Waals surface area contributed by atoms with E-state index in [9.17, 15) is 4.79 Å². The third-order valence-corrected chi connectivity index (χ3v) is 5.95. The fourth-order valence-corrected chi connectivity index (χ4v) is 4.32. The Labute approximate surface area is 200 Å².